The van der Waals surface area contributed by atoms with E-state index >= 15 is 0 Å². The Labute approximate surface area is 146 Å². The molecule has 2 nitrogen and oxygen atoms in total. The van der Waals surface area contributed by atoms with Crippen LogP contribution in [0.5, 0.6) is 0 Å². The summed E-state index contributed by atoms with van der Waals surface area (Å²) in [5.74, 6) is -0.375. The van der Waals surface area contributed by atoms with E-state index in [-0.39, 0.29) is 5.97 Å². The molecule has 0 aliphatic carbocycles. The van der Waals surface area contributed by atoms with Gasteiger partial charge in [0.05, 0.1) is 6.61 Å². The van der Waals surface area contributed by atoms with Gasteiger partial charge in [0.2, 0.25) is 0 Å². The van der Waals surface area contributed by atoms with Crippen LogP contribution in [-0.2, 0) is 9.53 Å². The average molecular weight is 347 g/mol. The Kier molecular flexibility index (Phi) is 6.45. The van der Waals surface area contributed by atoms with E-state index in [4.69, 9.17) is 27.9 Å². The molecule has 0 N–H and O–H groups in total. The molecular weight excluding hydrogens is 331 g/mol. The van der Waals surface area contributed by atoms with E-state index in [2.05, 4.69) is 0 Å². The second-order valence-corrected chi connectivity index (χ2v) is 5.59. The molecule has 23 heavy (non-hydrogen) atoms. The van der Waals surface area contributed by atoms with Crippen molar-refractivity contribution in [3.8, 4) is 0 Å². The summed E-state index contributed by atoms with van der Waals surface area (Å²) in [4.78, 5) is 11.4. The predicted octanol–water partition coefficient (Wildman–Crippen LogP) is 5.54. The molecule has 2 aromatic carbocycles. The number of esters is 1. The number of ether oxygens (including phenoxy) is 1. The molecule has 0 saturated carbocycles. The maximum Gasteiger partial charge on any atom is 0.330 e. The number of allylic oxidation sites excluding steroid dienone is 2. The van der Waals surface area contributed by atoms with Gasteiger partial charge in [-0.15, -0.1) is 0 Å². The highest BCUT2D eigenvalue weighted by atomic mass is 35.5. The molecule has 0 fully saturated rings. The summed E-state index contributed by atoms with van der Waals surface area (Å²) in [7, 11) is 0. The van der Waals surface area contributed by atoms with Crippen molar-refractivity contribution in [1.29, 1.82) is 0 Å². The van der Waals surface area contributed by atoms with Crippen molar-refractivity contribution >= 4 is 34.7 Å². The summed E-state index contributed by atoms with van der Waals surface area (Å²) in [6.45, 7) is 2.12. The third kappa shape index (κ3) is 5.27. The lowest BCUT2D eigenvalue weighted by molar-refractivity contribution is -0.137. The van der Waals surface area contributed by atoms with Crippen LogP contribution in [0.1, 0.15) is 18.1 Å². The van der Waals surface area contributed by atoms with Gasteiger partial charge in [0, 0.05) is 16.1 Å². The van der Waals surface area contributed by atoms with Crippen LogP contribution in [0.3, 0.4) is 0 Å². The minimum Gasteiger partial charge on any atom is -0.463 e. The number of hydrogen-bond acceptors (Lipinski definition) is 2. The zero-order valence-electron chi connectivity index (χ0n) is 12.6. The first-order valence-electron chi connectivity index (χ1n) is 7.17. The molecule has 0 aliphatic heterocycles. The van der Waals surface area contributed by atoms with Crippen LogP contribution in [-0.4, -0.2) is 12.6 Å². The SMILES string of the molecule is CCOC(=O)C=CC=C(c1cccc(Cl)c1)c1cccc(Cl)c1. The first-order chi connectivity index (χ1) is 11.1. The lowest BCUT2D eigenvalue weighted by Crippen LogP contribution is -1.98. The monoisotopic (exact) mass is 346 g/mol. The van der Waals surface area contributed by atoms with Crippen molar-refractivity contribution in [2.45, 2.75) is 6.92 Å². The molecule has 0 saturated heterocycles. The second kappa shape index (κ2) is 8.56. The lowest BCUT2D eigenvalue weighted by atomic mass is 9.97. The van der Waals surface area contributed by atoms with Crippen molar-refractivity contribution in [2.24, 2.45) is 0 Å². The van der Waals surface area contributed by atoms with Crippen LogP contribution in [0.2, 0.25) is 10.0 Å². The highest BCUT2D eigenvalue weighted by Crippen LogP contribution is 2.27. The fourth-order valence-corrected chi connectivity index (χ4v) is 2.46. The molecule has 2 aromatic rings. The molecule has 0 aliphatic rings. The average Bonchev–Trinajstić information content (AvgIpc) is 2.52. The molecule has 0 aromatic heterocycles. The van der Waals surface area contributed by atoms with E-state index in [9.17, 15) is 4.79 Å². The number of carbonyl (C=O) groups is 1. The van der Waals surface area contributed by atoms with Crippen LogP contribution in [0, 0.1) is 0 Å². The zero-order chi connectivity index (χ0) is 16.7. The molecule has 0 atom stereocenters. The molecule has 0 spiro atoms. The van der Waals surface area contributed by atoms with Crippen LogP contribution in [0.4, 0.5) is 0 Å². The number of carbonyl (C=O) groups excluding carboxylic acids is 1. The Morgan fingerprint density at radius 1 is 1.04 bits per heavy atom. The highest BCUT2D eigenvalue weighted by molar-refractivity contribution is 6.31. The van der Waals surface area contributed by atoms with Gasteiger partial charge >= 0.3 is 5.97 Å². The minimum absolute atomic E-state index is 0.350. The summed E-state index contributed by atoms with van der Waals surface area (Å²) < 4.78 is 4.88. The minimum atomic E-state index is -0.375. The van der Waals surface area contributed by atoms with Gasteiger partial charge in [-0.3, -0.25) is 0 Å². The van der Waals surface area contributed by atoms with Crippen molar-refractivity contribution in [3.05, 3.63) is 87.9 Å². The first kappa shape index (κ1) is 17.3. The summed E-state index contributed by atoms with van der Waals surface area (Å²) in [6.07, 6.45) is 4.89. The van der Waals surface area contributed by atoms with E-state index in [1.807, 2.05) is 54.6 Å². The Bertz CT molecular complexity index is 701. The van der Waals surface area contributed by atoms with Crippen LogP contribution in [0.15, 0.2) is 66.8 Å². The van der Waals surface area contributed by atoms with Crippen LogP contribution >= 0.6 is 23.2 Å². The Morgan fingerprint density at radius 2 is 1.61 bits per heavy atom. The predicted molar refractivity (Wildman–Crippen MR) is 95.8 cm³/mol. The Hall–Kier alpha value is -2.03. The van der Waals surface area contributed by atoms with Gasteiger partial charge in [-0.05, 0) is 47.9 Å². The van der Waals surface area contributed by atoms with Crippen LogP contribution < -0.4 is 0 Å². The van der Waals surface area contributed by atoms with E-state index in [1.165, 1.54) is 6.08 Å². The molecular formula is C19H16Cl2O2. The molecule has 4 heteroatoms. The molecule has 0 bridgehead atoms. The summed E-state index contributed by atoms with van der Waals surface area (Å²) in [6, 6.07) is 15.0. The normalized spacial score (nSPS) is 10.6. The topological polar surface area (TPSA) is 26.3 Å². The van der Waals surface area contributed by atoms with E-state index in [1.54, 1.807) is 13.0 Å². The van der Waals surface area contributed by atoms with E-state index in [0.717, 1.165) is 16.7 Å². The Balaban J connectivity index is 2.41. The smallest absolute Gasteiger partial charge is 0.330 e. The van der Waals surface area contributed by atoms with Gasteiger partial charge < -0.3 is 4.74 Å². The number of benzene rings is 2. The number of rotatable bonds is 5. The number of halogens is 2. The van der Waals surface area contributed by atoms with Gasteiger partial charge in [0.15, 0.2) is 0 Å². The summed E-state index contributed by atoms with van der Waals surface area (Å²) in [5, 5.41) is 1.29. The van der Waals surface area contributed by atoms with E-state index < -0.39 is 0 Å². The standard InChI is InChI=1S/C19H16Cl2O2/c1-2-23-19(22)11-5-10-18(14-6-3-8-16(20)12-14)15-7-4-9-17(21)13-15/h3-13H,2H2,1H3. The number of hydrogen-bond donors (Lipinski definition) is 0. The maximum atomic E-state index is 11.4. The third-order valence-electron chi connectivity index (χ3n) is 3.05. The molecule has 2 rings (SSSR count). The zero-order valence-corrected chi connectivity index (χ0v) is 14.1. The molecule has 0 amide bonds. The third-order valence-corrected chi connectivity index (χ3v) is 3.52. The molecule has 0 heterocycles. The van der Waals surface area contributed by atoms with Crippen molar-refractivity contribution in [3.63, 3.8) is 0 Å². The summed E-state index contributed by atoms with van der Waals surface area (Å²) >= 11 is 12.2. The summed E-state index contributed by atoms with van der Waals surface area (Å²) in [5.41, 5.74) is 2.79. The van der Waals surface area contributed by atoms with Gasteiger partial charge in [-0.25, -0.2) is 4.79 Å². The maximum absolute atomic E-state index is 11.4. The first-order valence-corrected chi connectivity index (χ1v) is 7.92. The van der Waals surface area contributed by atoms with Crippen molar-refractivity contribution < 1.29 is 9.53 Å². The van der Waals surface area contributed by atoms with Gasteiger partial charge in [0.25, 0.3) is 0 Å². The van der Waals surface area contributed by atoms with Crippen LogP contribution in [0.25, 0.3) is 5.57 Å². The molecule has 0 unspecified atom stereocenters. The van der Waals surface area contributed by atoms with Crippen molar-refractivity contribution in [1.82, 2.24) is 0 Å². The fraction of sp³-hybridized carbons (Fsp3) is 0.105. The largest absolute Gasteiger partial charge is 0.463 e. The quantitative estimate of drug-likeness (QED) is 0.403. The van der Waals surface area contributed by atoms with Gasteiger partial charge in [-0.1, -0.05) is 59.6 Å². The fourth-order valence-electron chi connectivity index (χ4n) is 2.08. The highest BCUT2D eigenvalue weighted by Gasteiger charge is 2.06. The van der Waals surface area contributed by atoms with E-state index in [0.29, 0.717) is 16.7 Å². The van der Waals surface area contributed by atoms with Crippen molar-refractivity contribution in [2.75, 3.05) is 6.61 Å². The molecule has 118 valence electrons. The van der Waals surface area contributed by atoms with Gasteiger partial charge in [0.1, 0.15) is 0 Å². The second-order valence-electron chi connectivity index (χ2n) is 4.71. The Morgan fingerprint density at radius 3 is 2.09 bits per heavy atom. The van der Waals surface area contributed by atoms with Gasteiger partial charge in [-0.2, -0.15) is 0 Å². The lowest BCUT2D eigenvalue weighted by Gasteiger charge is -2.09. The molecule has 0 radical (unpaired) electrons.